The van der Waals surface area contributed by atoms with Gasteiger partial charge in [-0.05, 0) is 0 Å². The van der Waals surface area contributed by atoms with E-state index < -0.39 is 18.4 Å². The molecule has 1 unspecified atom stereocenters. The second-order valence-electron chi connectivity index (χ2n) is 6.92. The van der Waals surface area contributed by atoms with Gasteiger partial charge in [-0.3, -0.25) is 0 Å². The Morgan fingerprint density at radius 1 is 1.00 bits per heavy atom. The Kier molecular flexibility index (Phi) is 10.2. The van der Waals surface area contributed by atoms with E-state index in [0.717, 1.165) is 5.92 Å². The Balaban J connectivity index is 2.93. The average Bonchev–Trinajstić information content (AvgIpc) is 2.57. The molecule has 0 nitrogen and oxygen atoms in total. The number of hydrogen-bond donors (Lipinski definition) is 0. The minimum atomic E-state index is -2.09. The summed E-state index contributed by atoms with van der Waals surface area (Å²) in [4.78, 5) is 0. The van der Waals surface area contributed by atoms with Crippen molar-refractivity contribution in [1.29, 1.82) is 0 Å². The first-order valence-corrected chi connectivity index (χ1v) is 17.4. The zero-order valence-corrected chi connectivity index (χ0v) is 18.0. The predicted octanol–water partition coefficient (Wildman–Crippen LogP) is 7.42. The molecule has 1 aromatic carbocycles. The molecule has 1 heteroatoms. The van der Waals surface area contributed by atoms with Crippen molar-refractivity contribution >= 4 is 18.4 Å². The van der Waals surface area contributed by atoms with E-state index in [1.807, 2.05) is 0 Å². The van der Waals surface area contributed by atoms with Gasteiger partial charge >= 0.3 is 143 Å². The van der Waals surface area contributed by atoms with E-state index in [1.54, 1.807) is 14.4 Å². The molecule has 0 heterocycles. The van der Waals surface area contributed by atoms with E-state index in [2.05, 4.69) is 63.8 Å². The summed E-state index contributed by atoms with van der Waals surface area (Å²) in [5.74, 6) is 0.783. The van der Waals surface area contributed by atoms with Crippen LogP contribution in [-0.2, 0) is 0 Å². The van der Waals surface area contributed by atoms with Crippen molar-refractivity contribution < 1.29 is 0 Å². The Morgan fingerprint density at radius 3 is 2.05 bits per heavy atom. The number of allylic oxidation sites excluding steroid dienone is 1. The van der Waals surface area contributed by atoms with E-state index in [1.165, 1.54) is 41.0 Å². The Bertz CT molecular complexity index is 388. The van der Waals surface area contributed by atoms with Crippen molar-refractivity contribution in [3.63, 3.8) is 0 Å². The summed E-state index contributed by atoms with van der Waals surface area (Å²) in [7, 11) is 0. The molecule has 0 radical (unpaired) electrons. The van der Waals surface area contributed by atoms with Crippen molar-refractivity contribution in [2.45, 2.75) is 76.5 Å². The van der Waals surface area contributed by atoms with Gasteiger partial charge in [0, 0.05) is 0 Å². The van der Waals surface area contributed by atoms with Crippen LogP contribution in [0.1, 0.15) is 64.4 Å². The topological polar surface area (TPSA) is 0 Å². The molecule has 0 aromatic heterocycles. The molecule has 0 spiro atoms. The SMILES string of the molecule is C=C[CH2][Sn]([CH2]CCC)([CH2]CCC)[CH2]C(CC)c1ccccc1. The molecule has 22 heavy (non-hydrogen) atoms. The van der Waals surface area contributed by atoms with Gasteiger partial charge in [0.25, 0.3) is 0 Å². The first-order chi connectivity index (χ1) is 10.7. The number of rotatable bonds is 12. The molecule has 1 aromatic rings. The zero-order valence-electron chi connectivity index (χ0n) is 15.1. The summed E-state index contributed by atoms with van der Waals surface area (Å²) in [6.45, 7) is 11.2. The van der Waals surface area contributed by atoms with Crippen LogP contribution in [0.15, 0.2) is 43.0 Å². The Hall–Kier alpha value is -0.241. The molecule has 1 rings (SSSR count). The summed E-state index contributed by atoms with van der Waals surface area (Å²) >= 11 is -2.09. The van der Waals surface area contributed by atoms with Gasteiger partial charge in [-0.25, -0.2) is 0 Å². The van der Waals surface area contributed by atoms with Gasteiger partial charge in [-0.15, -0.1) is 0 Å². The summed E-state index contributed by atoms with van der Waals surface area (Å²) in [5, 5.41) is 0. The van der Waals surface area contributed by atoms with Gasteiger partial charge in [0.2, 0.25) is 0 Å². The molecule has 0 fully saturated rings. The third-order valence-electron chi connectivity index (χ3n) is 5.14. The van der Waals surface area contributed by atoms with Crippen LogP contribution >= 0.6 is 0 Å². The van der Waals surface area contributed by atoms with E-state index in [0.29, 0.717) is 0 Å². The monoisotopic (exact) mass is 408 g/mol. The molecule has 0 aliphatic rings. The summed E-state index contributed by atoms with van der Waals surface area (Å²) < 4.78 is 6.06. The fourth-order valence-electron chi connectivity index (χ4n) is 3.77. The van der Waals surface area contributed by atoms with Gasteiger partial charge in [0.05, 0.1) is 0 Å². The standard InChI is InChI=1S/C10H13.2C4H9.C3H5.Sn/c1-3-9(2)10-7-5-4-6-8-10;2*1-3-4-2;1-3-2;/h4-9H,2-3H2,1H3;2*1,3-4H2,2H3;3H,1-2H2;. The fourth-order valence-corrected chi connectivity index (χ4v) is 19.8. The molecule has 0 aliphatic heterocycles. The van der Waals surface area contributed by atoms with E-state index in [4.69, 9.17) is 0 Å². The van der Waals surface area contributed by atoms with E-state index >= 15 is 0 Å². The van der Waals surface area contributed by atoms with Gasteiger partial charge in [0.15, 0.2) is 0 Å². The first kappa shape index (κ1) is 19.8. The van der Waals surface area contributed by atoms with Crippen LogP contribution in [0.2, 0.25) is 17.7 Å². The number of hydrogen-bond acceptors (Lipinski definition) is 0. The van der Waals surface area contributed by atoms with Crippen LogP contribution in [0, 0.1) is 0 Å². The van der Waals surface area contributed by atoms with Crippen LogP contribution in [0.3, 0.4) is 0 Å². The first-order valence-electron chi connectivity index (χ1n) is 9.37. The summed E-state index contributed by atoms with van der Waals surface area (Å²) in [5.41, 5.74) is 1.57. The molecule has 0 saturated heterocycles. The quantitative estimate of drug-likeness (QED) is 0.250. The normalized spacial score (nSPS) is 13.0. The van der Waals surface area contributed by atoms with E-state index in [-0.39, 0.29) is 0 Å². The van der Waals surface area contributed by atoms with Crippen molar-refractivity contribution in [1.82, 2.24) is 0 Å². The fraction of sp³-hybridized carbons (Fsp3) is 0.619. The van der Waals surface area contributed by atoms with E-state index in [9.17, 15) is 0 Å². The summed E-state index contributed by atoms with van der Waals surface area (Å²) in [6.07, 6.45) is 9.14. The summed E-state index contributed by atoms with van der Waals surface area (Å²) in [6, 6.07) is 11.3. The zero-order chi connectivity index (χ0) is 16.3. The van der Waals surface area contributed by atoms with Crippen LogP contribution < -0.4 is 0 Å². The third-order valence-corrected chi connectivity index (χ3v) is 20.4. The number of unbranched alkanes of at least 4 members (excludes halogenated alkanes) is 2. The van der Waals surface area contributed by atoms with Gasteiger partial charge < -0.3 is 0 Å². The van der Waals surface area contributed by atoms with Crippen LogP contribution in [0.5, 0.6) is 0 Å². The predicted molar refractivity (Wildman–Crippen MR) is 104 cm³/mol. The van der Waals surface area contributed by atoms with Crippen molar-refractivity contribution in [3.05, 3.63) is 48.6 Å². The molecule has 0 aliphatic carbocycles. The van der Waals surface area contributed by atoms with Gasteiger partial charge in [-0.1, -0.05) is 0 Å². The molecular weight excluding hydrogens is 371 g/mol. The third kappa shape index (κ3) is 6.48. The molecular formula is C21H36Sn. The molecule has 0 N–H and O–H groups in total. The Labute approximate surface area is 143 Å². The van der Waals surface area contributed by atoms with Crippen molar-refractivity contribution in [3.8, 4) is 0 Å². The minimum absolute atomic E-state index is 0.783. The second kappa shape index (κ2) is 11.3. The van der Waals surface area contributed by atoms with Gasteiger partial charge in [0.1, 0.15) is 0 Å². The van der Waals surface area contributed by atoms with Crippen molar-refractivity contribution in [2.24, 2.45) is 0 Å². The molecule has 124 valence electrons. The Morgan fingerprint density at radius 2 is 1.59 bits per heavy atom. The molecule has 0 saturated carbocycles. The number of benzene rings is 1. The van der Waals surface area contributed by atoms with Crippen molar-refractivity contribution in [2.75, 3.05) is 0 Å². The second-order valence-corrected chi connectivity index (χ2v) is 20.7. The average molecular weight is 407 g/mol. The maximum atomic E-state index is 4.12. The molecule has 0 bridgehead atoms. The molecule has 0 amide bonds. The van der Waals surface area contributed by atoms with Crippen LogP contribution in [0.25, 0.3) is 0 Å². The van der Waals surface area contributed by atoms with Crippen LogP contribution in [0.4, 0.5) is 0 Å². The van der Waals surface area contributed by atoms with Crippen LogP contribution in [-0.4, -0.2) is 18.4 Å². The maximum absolute atomic E-state index is 4.12. The van der Waals surface area contributed by atoms with Gasteiger partial charge in [-0.2, -0.15) is 0 Å². The molecule has 1 atom stereocenters.